The van der Waals surface area contributed by atoms with E-state index in [2.05, 4.69) is 4.98 Å². The molecule has 2 aromatic rings. The minimum Gasteiger partial charge on any atom is -0.486 e. The third-order valence-corrected chi connectivity index (χ3v) is 3.17. The molecule has 1 N–H and O–H groups in total. The minimum absolute atomic E-state index is 0.401. The third-order valence-electron chi connectivity index (χ3n) is 2.95. The molecule has 0 fully saturated rings. The lowest BCUT2D eigenvalue weighted by atomic mass is 10.0. The molecule has 1 aliphatic heterocycles. The smallest absolute Gasteiger partial charge is 0.161 e. The minimum atomic E-state index is -0.763. The van der Waals surface area contributed by atoms with Crippen LogP contribution in [0.15, 0.2) is 36.5 Å². The van der Waals surface area contributed by atoms with Crippen LogP contribution in [0.25, 0.3) is 0 Å². The fourth-order valence-electron chi connectivity index (χ4n) is 1.97. The van der Waals surface area contributed by atoms with Gasteiger partial charge in [0.1, 0.15) is 24.5 Å². The van der Waals surface area contributed by atoms with Crippen LogP contribution in [-0.4, -0.2) is 23.3 Å². The van der Waals surface area contributed by atoms with E-state index in [-0.39, 0.29) is 0 Å². The van der Waals surface area contributed by atoms with Gasteiger partial charge in [0.2, 0.25) is 0 Å². The maximum absolute atomic E-state index is 10.3. The van der Waals surface area contributed by atoms with Crippen molar-refractivity contribution in [2.75, 3.05) is 13.2 Å². The molecule has 0 radical (unpaired) electrons. The molecule has 0 aliphatic carbocycles. The zero-order valence-corrected chi connectivity index (χ0v) is 10.8. The molecule has 0 bridgehead atoms. The summed E-state index contributed by atoms with van der Waals surface area (Å²) in [5.74, 6) is 1.36. The van der Waals surface area contributed by atoms with E-state index in [4.69, 9.17) is 21.1 Å². The highest BCUT2D eigenvalue weighted by atomic mass is 35.5. The quantitative estimate of drug-likeness (QED) is 0.857. The van der Waals surface area contributed by atoms with Crippen LogP contribution < -0.4 is 9.47 Å². The Hall–Kier alpha value is -1.78. The second kappa shape index (κ2) is 5.07. The molecule has 0 saturated carbocycles. The Labute approximate surface area is 115 Å². The number of nitrogens with zero attached hydrogens (tertiary/aromatic N) is 1. The second-order valence-electron chi connectivity index (χ2n) is 4.22. The van der Waals surface area contributed by atoms with E-state index in [1.165, 1.54) is 0 Å². The van der Waals surface area contributed by atoms with Gasteiger partial charge in [-0.05, 0) is 23.8 Å². The first kappa shape index (κ1) is 12.3. The first-order valence-electron chi connectivity index (χ1n) is 5.93. The van der Waals surface area contributed by atoms with Crippen molar-refractivity contribution in [3.05, 3.63) is 52.8 Å². The first-order valence-corrected chi connectivity index (χ1v) is 6.31. The molecule has 4 nitrogen and oxygen atoms in total. The summed E-state index contributed by atoms with van der Waals surface area (Å²) in [5.41, 5.74) is 1.41. The lowest BCUT2D eigenvalue weighted by Crippen LogP contribution is -2.15. The first-order chi connectivity index (χ1) is 9.24. The van der Waals surface area contributed by atoms with Crippen LogP contribution in [0.5, 0.6) is 11.5 Å². The molecule has 1 aromatic heterocycles. The van der Waals surface area contributed by atoms with Crippen LogP contribution in [0.2, 0.25) is 5.15 Å². The Morgan fingerprint density at radius 3 is 2.53 bits per heavy atom. The van der Waals surface area contributed by atoms with Crippen molar-refractivity contribution >= 4 is 11.6 Å². The van der Waals surface area contributed by atoms with Crippen LogP contribution in [-0.2, 0) is 0 Å². The normalized spacial score (nSPS) is 15.1. The predicted octanol–water partition coefficient (Wildman–Crippen LogP) is 2.59. The summed E-state index contributed by atoms with van der Waals surface area (Å²) in [6.07, 6.45) is 0.796. The number of hydrogen-bond donors (Lipinski definition) is 1. The standard InChI is InChI=1S/C14H12ClNO3/c15-13-4-2-10(8-16-13)14(17)9-1-3-11-12(7-9)19-6-5-18-11/h1-4,7-8,14,17H,5-6H2. The van der Waals surface area contributed by atoms with Crippen LogP contribution in [0.4, 0.5) is 0 Å². The van der Waals surface area contributed by atoms with Crippen LogP contribution in [0.3, 0.4) is 0 Å². The number of aliphatic hydroxyl groups excluding tert-OH is 1. The zero-order chi connectivity index (χ0) is 13.2. The van der Waals surface area contributed by atoms with E-state index in [0.717, 1.165) is 5.56 Å². The van der Waals surface area contributed by atoms with Crippen molar-refractivity contribution in [3.63, 3.8) is 0 Å². The highest BCUT2D eigenvalue weighted by molar-refractivity contribution is 6.29. The van der Waals surface area contributed by atoms with Gasteiger partial charge < -0.3 is 14.6 Å². The molecular weight excluding hydrogens is 266 g/mol. The summed E-state index contributed by atoms with van der Waals surface area (Å²) in [5, 5.41) is 10.7. The van der Waals surface area contributed by atoms with Crippen LogP contribution in [0.1, 0.15) is 17.2 Å². The molecule has 0 spiro atoms. The van der Waals surface area contributed by atoms with Crippen molar-refractivity contribution in [2.24, 2.45) is 0 Å². The number of halogens is 1. The van der Waals surface area contributed by atoms with Gasteiger partial charge in [-0.25, -0.2) is 4.98 Å². The van der Waals surface area contributed by atoms with E-state index in [1.54, 1.807) is 30.5 Å². The Bertz CT molecular complexity index is 586. The molecule has 1 atom stereocenters. The van der Waals surface area contributed by atoms with Crippen LogP contribution >= 0.6 is 11.6 Å². The van der Waals surface area contributed by atoms with Crippen molar-refractivity contribution < 1.29 is 14.6 Å². The second-order valence-corrected chi connectivity index (χ2v) is 4.61. The van der Waals surface area contributed by atoms with Gasteiger partial charge in [-0.3, -0.25) is 0 Å². The molecule has 0 amide bonds. The van der Waals surface area contributed by atoms with E-state index >= 15 is 0 Å². The SMILES string of the molecule is OC(c1ccc(Cl)nc1)c1ccc2c(c1)OCCO2. The van der Waals surface area contributed by atoms with Crippen LogP contribution in [0, 0.1) is 0 Å². The van der Waals surface area contributed by atoms with E-state index in [1.807, 2.05) is 6.07 Å². The highest BCUT2D eigenvalue weighted by Crippen LogP contribution is 2.34. The number of aromatic nitrogens is 1. The Morgan fingerprint density at radius 2 is 1.79 bits per heavy atom. The summed E-state index contributed by atoms with van der Waals surface area (Å²) in [7, 11) is 0. The number of fused-ring (bicyclic) bond motifs is 1. The van der Waals surface area contributed by atoms with E-state index < -0.39 is 6.10 Å². The number of hydrogen-bond acceptors (Lipinski definition) is 4. The third kappa shape index (κ3) is 2.50. The van der Waals surface area contributed by atoms with Crippen molar-refractivity contribution in [1.29, 1.82) is 0 Å². The summed E-state index contributed by atoms with van der Waals surface area (Å²) in [4.78, 5) is 3.96. The molecule has 19 heavy (non-hydrogen) atoms. The van der Waals surface area contributed by atoms with E-state index in [0.29, 0.717) is 35.4 Å². The maximum atomic E-state index is 10.3. The summed E-state index contributed by atoms with van der Waals surface area (Å²) in [6.45, 7) is 1.07. The lowest BCUT2D eigenvalue weighted by Gasteiger charge is -2.20. The number of aliphatic hydroxyl groups is 1. The Morgan fingerprint density at radius 1 is 1.05 bits per heavy atom. The van der Waals surface area contributed by atoms with Gasteiger partial charge in [-0.15, -0.1) is 0 Å². The molecule has 1 unspecified atom stereocenters. The molecule has 2 heterocycles. The Kier molecular flexibility index (Phi) is 3.27. The molecule has 0 saturated heterocycles. The molecule has 1 aromatic carbocycles. The van der Waals surface area contributed by atoms with Gasteiger partial charge >= 0.3 is 0 Å². The highest BCUT2D eigenvalue weighted by Gasteiger charge is 2.16. The molecule has 1 aliphatic rings. The fourth-order valence-corrected chi connectivity index (χ4v) is 2.08. The van der Waals surface area contributed by atoms with Gasteiger partial charge in [-0.2, -0.15) is 0 Å². The topological polar surface area (TPSA) is 51.6 Å². The van der Waals surface area contributed by atoms with Crippen molar-refractivity contribution in [3.8, 4) is 11.5 Å². The predicted molar refractivity (Wildman–Crippen MR) is 70.7 cm³/mol. The molecule has 5 heteroatoms. The van der Waals surface area contributed by atoms with Gasteiger partial charge in [0, 0.05) is 11.8 Å². The fraction of sp³-hybridized carbons (Fsp3) is 0.214. The molecule has 98 valence electrons. The molecular formula is C14H12ClNO3. The van der Waals surface area contributed by atoms with Crippen molar-refractivity contribution in [2.45, 2.75) is 6.10 Å². The van der Waals surface area contributed by atoms with Gasteiger partial charge in [0.15, 0.2) is 11.5 Å². The van der Waals surface area contributed by atoms with Gasteiger partial charge in [0.05, 0.1) is 0 Å². The maximum Gasteiger partial charge on any atom is 0.161 e. The number of rotatable bonds is 2. The molecule has 3 rings (SSSR count). The number of ether oxygens (including phenoxy) is 2. The summed E-state index contributed by atoms with van der Waals surface area (Å²) in [6, 6.07) is 8.80. The van der Waals surface area contributed by atoms with Crippen molar-refractivity contribution in [1.82, 2.24) is 4.98 Å². The van der Waals surface area contributed by atoms with E-state index in [9.17, 15) is 5.11 Å². The number of pyridine rings is 1. The number of benzene rings is 1. The summed E-state index contributed by atoms with van der Waals surface area (Å²) >= 11 is 5.73. The zero-order valence-electron chi connectivity index (χ0n) is 10.0. The van der Waals surface area contributed by atoms with Gasteiger partial charge in [0.25, 0.3) is 0 Å². The monoisotopic (exact) mass is 277 g/mol. The lowest BCUT2D eigenvalue weighted by molar-refractivity contribution is 0.169. The average Bonchev–Trinajstić information content (AvgIpc) is 2.47. The van der Waals surface area contributed by atoms with Gasteiger partial charge in [-0.1, -0.05) is 23.7 Å². The summed E-state index contributed by atoms with van der Waals surface area (Å²) < 4.78 is 10.9. The Balaban J connectivity index is 1.91. The average molecular weight is 278 g/mol. The largest absolute Gasteiger partial charge is 0.486 e.